The largest absolute Gasteiger partial charge is 0.497 e. The quantitative estimate of drug-likeness (QED) is 0.780. The van der Waals surface area contributed by atoms with E-state index >= 15 is 0 Å². The van der Waals surface area contributed by atoms with E-state index in [1.165, 1.54) is 0 Å². The number of rotatable bonds is 3. The van der Waals surface area contributed by atoms with Crippen LogP contribution in [0.2, 0.25) is 0 Å². The van der Waals surface area contributed by atoms with Crippen LogP contribution in [0.4, 0.5) is 0 Å². The first-order valence-electron chi connectivity index (χ1n) is 6.59. The van der Waals surface area contributed by atoms with Gasteiger partial charge in [0.15, 0.2) is 0 Å². The molecule has 0 saturated heterocycles. The monoisotopic (exact) mass is 278 g/mol. The molecule has 0 saturated carbocycles. The van der Waals surface area contributed by atoms with Gasteiger partial charge in [-0.1, -0.05) is 30.3 Å². The van der Waals surface area contributed by atoms with E-state index in [1.54, 1.807) is 25.3 Å². The summed E-state index contributed by atoms with van der Waals surface area (Å²) in [5.41, 5.74) is 2.19. The SMILES string of the molecule is COc1ccc2cc(-c3cccc(C(=O)O)c3)ccc2c1. The van der Waals surface area contributed by atoms with Crippen LogP contribution in [0.25, 0.3) is 21.9 Å². The molecule has 3 aromatic rings. The molecule has 3 heteroatoms. The van der Waals surface area contributed by atoms with Gasteiger partial charge in [-0.2, -0.15) is 0 Å². The Bertz CT molecular complexity index is 822. The molecule has 0 amide bonds. The lowest BCUT2D eigenvalue weighted by Gasteiger charge is -2.07. The molecule has 3 nitrogen and oxygen atoms in total. The molecule has 0 bridgehead atoms. The van der Waals surface area contributed by atoms with Gasteiger partial charge >= 0.3 is 5.97 Å². The Balaban J connectivity index is 2.08. The molecule has 0 aliphatic rings. The van der Waals surface area contributed by atoms with Gasteiger partial charge in [0.2, 0.25) is 0 Å². The second kappa shape index (κ2) is 5.29. The highest BCUT2D eigenvalue weighted by Crippen LogP contribution is 2.27. The fourth-order valence-electron chi connectivity index (χ4n) is 2.36. The van der Waals surface area contributed by atoms with E-state index in [9.17, 15) is 4.79 Å². The van der Waals surface area contributed by atoms with Crippen LogP contribution in [-0.2, 0) is 0 Å². The average molecular weight is 278 g/mol. The van der Waals surface area contributed by atoms with Gasteiger partial charge in [-0.05, 0) is 52.2 Å². The Morgan fingerprint density at radius 3 is 2.38 bits per heavy atom. The summed E-state index contributed by atoms with van der Waals surface area (Å²) in [5, 5.41) is 11.3. The summed E-state index contributed by atoms with van der Waals surface area (Å²) in [5.74, 6) is -0.0921. The highest BCUT2D eigenvalue weighted by atomic mass is 16.5. The van der Waals surface area contributed by atoms with Crippen molar-refractivity contribution in [2.45, 2.75) is 0 Å². The van der Waals surface area contributed by atoms with E-state index in [1.807, 2.05) is 36.4 Å². The second-order valence-corrected chi connectivity index (χ2v) is 4.81. The van der Waals surface area contributed by atoms with Gasteiger partial charge in [0, 0.05) is 0 Å². The minimum atomic E-state index is -0.914. The summed E-state index contributed by atoms with van der Waals surface area (Å²) in [6.07, 6.45) is 0. The molecule has 0 aliphatic carbocycles. The molecule has 0 spiro atoms. The highest BCUT2D eigenvalue weighted by molar-refractivity contribution is 5.91. The number of benzene rings is 3. The van der Waals surface area contributed by atoms with E-state index < -0.39 is 5.97 Å². The van der Waals surface area contributed by atoms with Gasteiger partial charge in [0.05, 0.1) is 12.7 Å². The third-order valence-corrected chi connectivity index (χ3v) is 3.49. The predicted octanol–water partition coefficient (Wildman–Crippen LogP) is 4.21. The zero-order valence-electron chi connectivity index (χ0n) is 11.5. The van der Waals surface area contributed by atoms with Gasteiger partial charge in [0.1, 0.15) is 5.75 Å². The van der Waals surface area contributed by atoms with E-state index in [4.69, 9.17) is 9.84 Å². The molecule has 1 N–H and O–H groups in total. The van der Waals surface area contributed by atoms with Gasteiger partial charge in [-0.3, -0.25) is 0 Å². The van der Waals surface area contributed by atoms with Crippen molar-refractivity contribution in [2.24, 2.45) is 0 Å². The summed E-state index contributed by atoms with van der Waals surface area (Å²) >= 11 is 0. The second-order valence-electron chi connectivity index (χ2n) is 4.81. The molecule has 21 heavy (non-hydrogen) atoms. The number of ether oxygens (including phenoxy) is 1. The number of fused-ring (bicyclic) bond motifs is 1. The van der Waals surface area contributed by atoms with E-state index in [2.05, 4.69) is 6.07 Å². The summed E-state index contributed by atoms with van der Waals surface area (Å²) in [6.45, 7) is 0. The topological polar surface area (TPSA) is 46.5 Å². The van der Waals surface area contributed by atoms with Crippen molar-refractivity contribution in [2.75, 3.05) is 7.11 Å². The van der Waals surface area contributed by atoms with Crippen molar-refractivity contribution in [1.82, 2.24) is 0 Å². The standard InChI is InChI=1S/C18H14O3/c1-21-17-8-7-14-9-13(5-6-15(14)11-17)12-3-2-4-16(10-12)18(19)20/h2-11H,1H3,(H,19,20). The van der Waals surface area contributed by atoms with Crippen molar-refractivity contribution < 1.29 is 14.6 Å². The molecule has 0 heterocycles. The van der Waals surface area contributed by atoms with Gasteiger partial charge in [-0.25, -0.2) is 4.79 Å². The van der Waals surface area contributed by atoms with Crippen LogP contribution in [-0.4, -0.2) is 18.2 Å². The first-order valence-corrected chi connectivity index (χ1v) is 6.59. The molecule has 0 aliphatic heterocycles. The van der Waals surface area contributed by atoms with Crippen LogP contribution in [0.5, 0.6) is 5.75 Å². The molecule has 0 atom stereocenters. The summed E-state index contributed by atoms with van der Waals surface area (Å²) in [6, 6.07) is 18.9. The van der Waals surface area contributed by atoms with Gasteiger partial charge < -0.3 is 9.84 Å². The van der Waals surface area contributed by atoms with Crippen LogP contribution in [0.3, 0.4) is 0 Å². The third-order valence-electron chi connectivity index (χ3n) is 3.49. The van der Waals surface area contributed by atoms with Gasteiger partial charge in [0.25, 0.3) is 0 Å². The minimum absolute atomic E-state index is 0.294. The summed E-state index contributed by atoms with van der Waals surface area (Å²) < 4.78 is 5.21. The van der Waals surface area contributed by atoms with Gasteiger partial charge in [-0.15, -0.1) is 0 Å². The third kappa shape index (κ3) is 2.58. The van der Waals surface area contributed by atoms with Crippen LogP contribution in [0.15, 0.2) is 60.7 Å². The van der Waals surface area contributed by atoms with Crippen LogP contribution < -0.4 is 4.74 Å². The fraction of sp³-hybridized carbons (Fsp3) is 0.0556. The lowest BCUT2D eigenvalue weighted by atomic mass is 9.99. The molecule has 3 aromatic carbocycles. The molecular formula is C18H14O3. The molecule has 0 radical (unpaired) electrons. The Kier molecular flexibility index (Phi) is 3.32. The Hall–Kier alpha value is -2.81. The van der Waals surface area contributed by atoms with Crippen LogP contribution in [0, 0.1) is 0 Å². The lowest BCUT2D eigenvalue weighted by molar-refractivity contribution is 0.0697. The highest BCUT2D eigenvalue weighted by Gasteiger charge is 2.05. The normalized spacial score (nSPS) is 10.5. The van der Waals surface area contributed by atoms with Crippen LogP contribution >= 0.6 is 0 Å². The van der Waals surface area contributed by atoms with Crippen molar-refractivity contribution in [3.63, 3.8) is 0 Å². The number of aromatic carboxylic acids is 1. The number of hydrogen-bond acceptors (Lipinski definition) is 2. The summed E-state index contributed by atoms with van der Waals surface area (Å²) in [7, 11) is 1.65. The maximum Gasteiger partial charge on any atom is 0.335 e. The van der Waals surface area contributed by atoms with E-state index in [-0.39, 0.29) is 0 Å². The maximum atomic E-state index is 11.1. The molecular weight excluding hydrogens is 264 g/mol. The number of carbonyl (C=O) groups is 1. The average Bonchev–Trinajstić information content (AvgIpc) is 2.54. The maximum absolute atomic E-state index is 11.1. The molecule has 3 rings (SSSR count). The first-order chi connectivity index (χ1) is 10.2. The lowest BCUT2D eigenvalue weighted by Crippen LogP contribution is -1.95. The van der Waals surface area contributed by atoms with Crippen LogP contribution in [0.1, 0.15) is 10.4 Å². The number of carboxylic acids is 1. The zero-order chi connectivity index (χ0) is 14.8. The number of methoxy groups -OCH3 is 1. The smallest absolute Gasteiger partial charge is 0.335 e. The first kappa shape index (κ1) is 13.2. The van der Waals surface area contributed by atoms with Crippen molar-refractivity contribution in [3.8, 4) is 16.9 Å². The fourth-order valence-corrected chi connectivity index (χ4v) is 2.36. The minimum Gasteiger partial charge on any atom is -0.497 e. The summed E-state index contributed by atoms with van der Waals surface area (Å²) in [4.78, 5) is 11.1. The predicted molar refractivity (Wildman–Crippen MR) is 82.9 cm³/mol. The molecule has 104 valence electrons. The Morgan fingerprint density at radius 2 is 1.62 bits per heavy atom. The van der Waals surface area contributed by atoms with E-state index in [0.717, 1.165) is 27.6 Å². The Labute approximate surface area is 122 Å². The zero-order valence-corrected chi connectivity index (χ0v) is 11.5. The number of hydrogen-bond donors (Lipinski definition) is 1. The van der Waals surface area contributed by atoms with Crippen molar-refractivity contribution >= 4 is 16.7 Å². The molecule has 0 fully saturated rings. The van der Waals surface area contributed by atoms with Crippen molar-refractivity contribution in [3.05, 3.63) is 66.2 Å². The number of carboxylic acid groups (broad SMARTS) is 1. The molecule has 0 aromatic heterocycles. The van der Waals surface area contributed by atoms with Crippen molar-refractivity contribution in [1.29, 1.82) is 0 Å². The van der Waals surface area contributed by atoms with E-state index in [0.29, 0.717) is 5.56 Å². The molecule has 0 unspecified atom stereocenters. The Morgan fingerprint density at radius 1 is 0.905 bits per heavy atom.